The van der Waals surface area contributed by atoms with Crippen molar-refractivity contribution in [1.29, 1.82) is 0 Å². The third-order valence-electron chi connectivity index (χ3n) is 6.34. The average Bonchev–Trinajstić information content (AvgIpc) is 2.97. The summed E-state index contributed by atoms with van der Waals surface area (Å²) >= 11 is 0. The fraction of sp³-hybridized carbons (Fsp3) is 0.467. The van der Waals surface area contributed by atoms with Gasteiger partial charge in [-0.3, -0.25) is 14.9 Å². The van der Waals surface area contributed by atoms with Crippen molar-refractivity contribution in [3.05, 3.63) is 47.3 Å². The van der Waals surface area contributed by atoms with E-state index < -0.39 is 11.7 Å². The van der Waals surface area contributed by atoms with Crippen molar-refractivity contribution in [2.24, 2.45) is 15.7 Å². The number of carbonyl (C=O) groups is 1. The molecule has 41 heavy (non-hydrogen) atoms. The first-order chi connectivity index (χ1) is 19.7. The number of carbonyl (C=O) groups excluding carboxylic acids is 1. The Labute approximate surface area is 242 Å². The maximum Gasteiger partial charge on any atom is 0.415 e. The van der Waals surface area contributed by atoms with E-state index in [2.05, 4.69) is 32.3 Å². The molecule has 3 heterocycles. The van der Waals surface area contributed by atoms with Gasteiger partial charge in [0, 0.05) is 25.4 Å². The topological polar surface area (TPSA) is 124 Å². The lowest BCUT2D eigenvalue weighted by molar-refractivity contribution is 0.0566. The Kier molecular flexibility index (Phi) is 11.2. The molecule has 11 heteroatoms. The zero-order chi connectivity index (χ0) is 30.0. The highest BCUT2D eigenvalue weighted by Gasteiger charge is 2.32. The van der Waals surface area contributed by atoms with Crippen LogP contribution in [-0.4, -0.2) is 83.2 Å². The number of anilines is 2. The molecule has 4 rings (SSSR count). The molecule has 2 aromatic rings. The standard InChI is InChI=1S/C29H37N5O5.CH5N/c1-20-25(18-32-27-26(20)34(13-14-38-27)28(35)39-29(2,3)4)33-12-11-21(24(19-33)30-5)17-31-22-7-9-23(10-8-22)37-16-15-36-6;1-2/h7-10,17-18H,5,11-16,19H2,1-4,6H3;2H2,1H3. The Morgan fingerprint density at radius 3 is 2.59 bits per heavy atom. The first-order valence-electron chi connectivity index (χ1n) is 13.6. The molecule has 0 radical (unpaired) electrons. The Bertz CT molecular complexity index is 1250. The number of nitrogens with two attached hydrogens (primary N) is 1. The molecule has 0 bridgehead atoms. The molecule has 2 N–H and O–H groups in total. The fourth-order valence-corrected chi connectivity index (χ4v) is 4.43. The highest BCUT2D eigenvalue weighted by atomic mass is 16.6. The smallest absolute Gasteiger partial charge is 0.415 e. The third kappa shape index (κ3) is 8.27. The van der Waals surface area contributed by atoms with E-state index in [4.69, 9.17) is 18.9 Å². The molecule has 0 saturated heterocycles. The molecule has 1 aromatic carbocycles. The number of methoxy groups -OCH3 is 1. The molecule has 0 aliphatic carbocycles. The Morgan fingerprint density at radius 2 is 1.93 bits per heavy atom. The van der Waals surface area contributed by atoms with Crippen molar-refractivity contribution in [2.75, 3.05) is 63.4 Å². The van der Waals surface area contributed by atoms with E-state index in [0.717, 1.165) is 46.9 Å². The molecule has 1 aromatic heterocycles. The molecule has 0 atom stereocenters. The lowest BCUT2D eigenvalue weighted by Gasteiger charge is -2.35. The summed E-state index contributed by atoms with van der Waals surface area (Å²) in [5.74, 6) is 1.21. The molecule has 1 amide bonds. The van der Waals surface area contributed by atoms with Crippen LogP contribution in [0.2, 0.25) is 0 Å². The number of pyridine rings is 1. The number of aromatic nitrogens is 1. The lowest BCUT2D eigenvalue weighted by atomic mass is 10.0. The molecular formula is C30H42N6O5. The van der Waals surface area contributed by atoms with Crippen molar-refractivity contribution in [2.45, 2.75) is 39.7 Å². The maximum absolute atomic E-state index is 13.0. The van der Waals surface area contributed by atoms with E-state index in [1.54, 1.807) is 18.2 Å². The van der Waals surface area contributed by atoms with Gasteiger partial charge in [-0.2, -0.15) is 0 Å². The van der Waals surface area contributed by atoms with E-state index >= 15 is 0 Å². The largest absolute Gasteiger partial charge is 0.491 e. The van der Waals surface area contributed by atoms with Gasteiger partial charge in [-0.1, -0.05) is 0 Å². The SMILES string of the molecule is C=NC1=C(C=Nc2ccc(OCCOC)cc2)CCN(c2cnc3c(c2C)N(C(=O)OC(C)(C)C)CCO3)C1.CN. The monoisotopic (exact) mass is 566 g/mol. The highest BCUT2D eigenvalue weighted by Crippen LogP contribution is 2.39. The van der Waals surface area contributed by atoms with Crippen LogP contribution < -0.4 is 25.0 Å². The Morgan fingerprint density at radius 1 is 1.20 bits per heavy atom. The second-order valence-corrected chi connectivity index (χ2v) is 10.3. The van der Waals surface area contributed by atoms with Gasteiger partial charge in [0.25, 0.3) is 0 Å². The number of amides is 1. The number of fused-ring (bicyclic) bond motifs is 1. The third-order valence-corrected chi connectivity index (χ3v) is 6.34. The van der Waals surface area contributed by atoms with Crippen LogP contribution in [-0.2, 0) is 9.47 Å². The molecule has 0 spiro atoms. The van der Waals surface area contributed by atoms with Crippen molar-refractivity contribution in [3.63, 3.8) is 0 Å². The van der Waals surface area contributed by atoms with Gasteiger partial charge < -0.3 is 29.6 Å². The minimum absolute atomic E-state index is 0.362. The summed E-state index contributed by atoms with van der Waals surface area (Å²) in [5, 5.41) is 0. The zero-order valence-corrected chi connectivity index (χ0v) is 25.0. The van der Waals surface area contributed by atoms with E-state index in [0.29, 0.717) is 44.5 Å². The van der Waals surface area contributed by atoms with Crippen molar-refractivity contribution in [3.8, 4) is 11.6 Å². The number of nitrogens with zero attached hydrogens (tertiary/aromatic N) is 5. The van der Waals surface area contributed by atoms with Crippen molar-refractivity contribution >= 4 is 36.1 Å². The first-order valence-corrected chi connectivity index (χ1v) is 13.6. The van der Waals surface area contributed by atoms with E-state index in [1.165, 1.54) is 7.05 Å². The number of hydrogen-bond donors (Lipinski definition) is 1. The van der Waals surface area contributed by atoms with Gasteiger partial charge in [-0.25, -0.2) is 9.78 Å². The molecule has 0 saturated carbocycles. The van der Waals surface area contributed by atoms with Crippen LogP contribution in [0.25, 0.3) is 0 Å². The number of rotatable bonds is 8. The van der Waals surface area contributed by atoms with Crippen LogP contribution in [0.4, 0.5) is 21.9 Å². The van der Waals surface area contributed by atoms with Gasteiger partial charge in [0.05, 0.1) is 43.0 Å². The van der Waals surface area contributed by atoms with Crippen LogP contribution in [0, 0.1) is 6.92 Å². The summed E-state index contributed by atoms with van der Waals surface area (Å²) in [4.78, 5) is 30.3. The molecule has 2 aliphatic rings. The van der Waals surface area contributed by atoms with E-state index in [9.17, 15) is 4.79 Å². The summed E-state index contributed by atoms with van der Waals surface area (Å²) in [6.07, 6.45) is 3.98. The fourth-order valence-electron chi connectivity index (χ4n) is 4.43. The van der Waals surface area contributed by atoms with Crippen LogP contribution in [0.15, 0.2) is 51.7 Å². The Balaban J connectivity index is 0.00000226. The van der Waals surface area contributed by atoms with E-state index in [1.807, 2.05) is 58.2 Å². The molecule has 0 unspecified atom stereocenters. The number of hydrogen-bond acceptors (Lipinski definition) is 10. The summed E-state index contributed by atoms with van der Waals surface area (Å²) in [7, 11) is 3.15. The summed E-state index contributed by atoms with van der Waals surface area (Å²) < 4.78 is 22.0. The second-order valence-electron chi connectivity index (χ2n) is 10.3. The highest BCUT2D eigenvalue weighted by molar-refractivity contribution is 5.92. The normalized spacial score (nSPS) is 15.1. The van der Waals surface area contributed by atoms with Gasteiger partial charge in [-0.05, 0) is 77.7 Å². The van der Waals surface area contributed by atoms with Crippen molar-refractivity contribution in [1.82, 2.24) is 4.98 Å². The van der Waals surface area contributed by atoms with Gasteiger partial charge in [0.1, 0.15) is 30.3 Å². The lowest BCUT2D eigenvalue weighted by Crippen LogP contribution is -2.42. The minimum Gasteiger partial charge on any atom is -0.491 e. The average molecular weight is 567 g/mol. The number of ether oxygens (including phenoxy) is 4. The van der Waals surface area contributed by atoms with Crippen LogP contribution in [0.1, 0.15) is 32.8 Å². The Hall–Kier alpha value is -3.96. The van der Waals surface area contributed by atoms with Crippen LogP contribution >= 0.6 is 0 Å². The second kappa shape index (κ2) is 14.6. The number of benzene rings is 1. The number of aliphatic imine (C=N–C) groups is 2. The molecule has 222 valence electrons. The summed E-state index contributed by atoms with van der Waals surface area (Å²) in [6.45, 7) is 14.4. The molecular weight excluding hydrogens is 524 g/mol. The first kappa shape index (κ1) is 31.6. The molecule has 2 aliphatic heterocycles. The molecule has 11 nitrogen and oxygen atoms in total. The summed E-state index contributed by atoms with van der Waals surface area (Å²) in [5.41, 5.74) is 9.06. The maximum atomic E-state index is 13.0. The van der Waals surface area contributed by atoms with Crippen LogP contribution in [0.5, 0.6) is 11.6 Å². The summed E-state index contributed by atoms with van der Waals surface area (Å²) in [6, 6.07) is 7.61. The van der Waals surface area contributed by atoms with E-state index in [-0.39, 0.29) is 0 Å². The van der Waals surface area contributed by atoms with Gasteiger partial charge >= 0.3 is 6.09 Å². The predicted molar refractivity (Wildman–Crippen MR) is 164 cm³/mol. The predicted octanol–water partition coefficient (Wildman–Crippen LogP) is 4.69. The zero-order valence-electron chi connectivity index (χ0n) is 25.0. The quantitative estimate of drug-likeness (QED) is 0.361. The van der Waals surface area contributed by atoms with Crippen molar-refractivity contribution < 1.29 is 23.7 Å². The molecule has 0 fully saturated rings. The minimum atomic E-state index is -0.603. The van der Waals surface area contributed by atoms with Gasteiger partial charge in [-0.15, -0.1) is 0 Å². The van der Waals surface area contributed by atoms with Gasteiger partial charge in [0.15, 0.2) is 0 Å². The van der Waals surface area contributed by atoms with Crippen LogP contribution in [0.3, 0.4) is 0 Å². The van der Waals surface area contributed by atoms with Gasteiger partial charge in [0.2, 0.25) is 5.88 Å².